The molecule has 19 heavy (non-hydrogen) atoms. The van der Waals surface area contributed by atoms with Crippen molar-refractivity contribution in [1.82, 2.24) is 9.71 Å². The van der Waals surface area contributed by atoms with Gasteiger partial charge in [0.15, 0.2) is 0 Å². The minimum Gasteiger partial charge on any atom is -0.396 e. The molecule has 0 aromatic carbocycles. The van der Waals surface area contributed by atoms with Crippen LogP contribution in [0, 0.1) is 0 Å². The van der Waals surface area contributed by atoms with Crippen molar-refractivity contribution in [3.8, 4) is 0 Å². The number of nitrogens with one attached hydrogen (secondary N) is 1. The van der Waals surface area contributed by atoms with Gasteiger partial charge in [-0.3, -0.25) is 0 Å². The average molecular weight is 318 g/mol. The third-order valence-electron chi connectivity index (χ3n) is 2.37. The third kappa shape index (κ3) is 4.08. The van der Waals surface area contributed by atoms with Crippen molar-refractivity contribution in [2.24, 2.45) is 0 Å². The topological polar surface area (TPSA) is 79.3 Å². The molecular formula is C11H14N2O3S3. The molecule has 104 valence electrons. The molecule has 0 radical (unpaired) electrons. The van der Waals surface area contributed by atoms with Crippen LogP contribution in [-0.2, 0) is 22.9 Å². The highest BCUT2D eigenvalue weighted by Crippen LogP contribution is 2.21. The maximum Gasteiger partial charge on any atom is 0.250 e. The Balaban J connectivity index is 1.93. The predicted octanol–water partition coefficient (Wildman–Crippen LogP) is 1.26. The Labute approximate surface area is 120 Å². The molecule has 0 saturated carbocycles. The number of rotatable bonds is 7. The largest absolute Gasteiger partial charge is 0.396 e. The molecule has 2 heterocycles. The maximum absolute atomic E-state index is 12.0. The van der Waals surface area contributed by atoms with Crippen LogP contribution in [0.25, 0.3) is 0 Å². The number of aromatic nitrogens is 1. The number of sulfonamides is 1. The molecule has 2 N–H and O–H groups in total. The highest BCUT2D eigenvalue weighted by Gasteiger charge is 2.16. The smallest absolute Gasteiger partial charge is 0.250 e. The maximum atomic E-state index is 12.0. The van der Waals surface area contributed by atoms with E-state index in [4.69, 9.17) is 5.11 Å². The molecule has 0 amide bonds. The Bertz CT molecular complexity index is 605. The molecule has 0 aliphatic heterocycles. The first-order valence-corrected chi connectivity index (χ1v) is 8.87. The zero-order valence-electron chi connectivity index (χ0n) is 10.1. The number of thiazole rings is 1. The lowest BCUT2D eigenvalue weighted by molar-refractivity contribution is 0.300. The Morgan fingerprint density at radius 2 is 2.16 bits per heavy atom. The molecule has 0 unspecified atom stereocenters. The van der Waals surface area contributed by atoms with E-state index in [0.29, 0.717) is 19.4 Å². The van der Waals surface area contributed by atoms with Crippen molar-refractivity contribution in [2.75, 3.05) is 13.2 Å². The van der Waals surface area contributed by atoms with E-state index in [-0.39, 0.29) is 10.8 Å². The highest BCUT2D eigenvalue weighted by atomic mass is 32.2. The molecule has 0 saturated heterocycles. The van der Waals surface area contributed by atoms with Gasteiger partial charge in [0.2, 0.25) is 10.0 Å². The van der Waals surface area contributed by atoms with Crippen LogP contribution in [0.15, 0.2) is 27.9 Å². The van der Waals surface area contributed by atoms with E-state index < -0.39 is 10.0 Å². The molecule has 0 spiro atoms. The van der Waals surface area contributed by atoms with E-state index >= 15 is 0 Å². The summed E-state index contributed by atoms with van der Waals surface area (Å²) in [5.74, 6) is 0. The first-order valence-electron chi connectivity index (χ1n) is 5.69. The lowest BCUT2D eigenvalue weighted by atomic mass is 10.4. The number of hydrogen-bond donors (Lipinski definition) is 2. The van der Waals surface area contributed by atoms with Crippen molar-refractivity contribution >= 4 is 32.7 Å². The minimum absolute atomic E-state index is 0.0253. The van der Waals surface area contributed by atoms with E-state index in [1.807, 2.05) is 5.38 Å². The molecule has 5 nitrogen and oxygen atoms in total. The van der Waals surface area contributed by atoms with Gasteiger partial charge in [0.1, 0.15) is 4.21 Å². The number of nitrogens with zero attached hydrogens (tertiary/aromatic N) is 1. The van der Waals surface area contributed by atoms with Crippen LogP contribution in [0.2, 0.25) is 0 Å². The molecule has 2 aromatic rings. The van der Waals surface area contributed by atoms with Gasteiger partial charge in [-0.25, -0.2) is 18.1 Å². The van der Waals surface area contributed by atoms with E-state index in [1.54, 1.807) is 18.3 Å². The Morgan fingerprint density at radius 1 is 1.32 bits per heavy atom. The number of aliphatic hydroxyl groups excluding tert-OH is 1. The molecule has 2 rings (SSSR count). The quantitative estimate of drug-likeness (QED) is 0.805. The molecule has 0 bridgehead atoms. The molecule has 0 fully saturated rings. The van der Waals surface area contributed by atoms with Gasteiger partial charge in [0.05, 0.1) is 5.01 Å². The van der Waals surface area contributed by atoms with Crippen molar-refractivity contribution in [2.45, 2.75) is 17.1 Å². The normalized spacial score (nSPS) is 11.8. The van der Waals surface area contributed by atoms with Crippen LogP contribution < -0.4 is 4.72 Å². The second-order valence-corrected chi connectivity index (χ2v) is 7.91. The molecular weight excluding hydrogens is 304 g/mol. The highest BCUT2D eigenvalue weighted by molar-refractivity contribution is 7.91. The molecule has 8 heteroatoms. The van der Waals surface area contributed by atoms with Crippen LogP contribution in [0.5, 0.6) is 0 Å². The fraction of sp³-hybridized carbons (Fsp3) is 0.364. The third-order valence-corrected chi connectivity index (χ3v) is 6.31. The lowest BCUT2D eigenvalue weighted by Gasteiger charge is -2.03. The standard InChI is InChI=1S/C11H14N2O3S3/c14-7-4-9-1-2-11(18-9)19(15,16)13-5-3-10-12-6-8-17-10/h1-2,6,8,13-14H,3-5,7H2. The first-order chi connectivity index (χ1) is 9.12. The van der Waals surface area contributed by atoms with Crippen LogP contribution in [0.4, 0.5) is 0 Å². The second-order valence-electron chi connectivity index (χ2n) is 3.77. The second kappa shape index (κ2) is 6.58. The fourth-order valence-corrected chi connectivity index (χ4v) is 4.53. The van der Waals surface area contributed by atoms with Crippen LogP contribution in [0.3, 0.4) is 0 Å². The molecule has 2 aromatic heterocycles. The van der Waals surface area contributed by atoms with Gasteiger partial charge in [-0.2, -0.15) is 0 Å². The minimum atomic E-state index is -3.45. The summed E-state index contributed by atoms with van der Waals surface area (Å²) in [6, 6.07) is 3.30. The average Bonchev–Trinajstić information content (AvgIpc) is 3.00. The SMILES string of the molecule is O=S(=O)(NCCc1nccs1)c1ccc(CCO)s1. The Kier molecular flexibility index (Phi) is 5.06. The van der Waals surface area contributed by atoms with Crippen molar-refractivity contribution in [3.05, 3.63) is 33.6 Å². The summed E-state index contributed by atoms with van der Waals surface area (Å²) in [6.07, 6.45) is 2.78. The van der Waals surface area contributed by atoms with E-state index in [0.717, 1.165) is 9.88 Å². The van der Waals surface area contributed by atoms with E-state index in [1.165, 1.54) is 22.7 Å². The van der Waals surface area contributed by atoms with Gasteiger partial charge >= 0.3 is 0 Å². The van der Waals surface area contributed by atoms with Gasteiger partial charge < -0.3 is 5.11 Å². The van der Waals surface area contributed by atoms with Crippen LogP contribution in [-0.4, -0.2) is 31.7 Å². The monoisotopic (exact) mass is 318 g/mol. The Hall–Kier alpha value is -0.800. The van der Waals surface area contributed by atoms with Gasteiger partial charge in [-0.05, 0) is 12.1 Å². The van der Waals surface area contributed by atoms with Crippen molar-refractivity contribution < 1.29 is 13.5 Å². The Morgan fingerprint density at radius 3 is 2.84 bits per heavy atom. The van der Waals surface area contributed by atoms with Gasteiger partial charge in [0.25, 0.3) is 0 Å². The van der Waals surface area contributed by atoms with Crippen LogP contribution >= 0.6 is 22.7 Å². The summed E-state index contributed by atoms with van der Waals surface area (Å²) in [7, 11) is -3.45. The van der Waals surface area contributed by atoms with Gasteiger partial charge in [-0.15, -0.1) is 22.7 Å². The fourth-order valence-electron chi connectivity index (χ4n) is 1.49. The summed E-state index contributed by atoms with van der Waals surface area (Å²) in [5, 5.41) is 11.6. The number of thiophene rings is 1. The van der Waals surface area contributed by atoms with Gasteiger partial charge in [0, 0.05) is 42.4 Å². The lowest BCUT2D eigenvalue weighted by Crippen LogP contribution is -2.25. The zero-order chi connectivity index (χ0) is 13.7. The number of aliphatic hydroxyl groups is 1. The zero-order valence-corrected chi connectivity index (χ0v) is 12.5. The first kappa shape index (κ1) is 14.6. The van der Waals surface area contributed by atoms with Crippen molar-refractivity contribution in [1.29, 1.82) is 0 Å². The summed E-state index contributed by atoms with van der Waals surface area (Å²) in [6.45, 7) is 0.362. The van der Waals surface area contributed by atoms with Crippen molar-refractivity contribution in [3.63, 3.8) is 0 Å². The summed E-state index contributed by atoms with van der Waals surface area (Å²) in [5.41, 5.74) is 0. The van der Waals surface area contributed by atoms with Crippen LogP contribution in [0.1, 0.15) is 9.88 Å². The van der Waals surface area contributed by atoms with Gasteiger partial charge in [-0.1, -0.05) is 0 Å². The number of hydrogen-bond acceptors (Lipinski definition) is 6. The molecule has 0 aliphatic carbocycles. The summed E-state index contributed by atoms with van der Waals surface area (Å²) in [4.78, 5) is 4.96. The van der Waals surface area contributed by atoms with E-state index in [2.05, 4.69) is 9.71 Å². The molecule has 0 atom stereocenters. The predicted molar refractivity (Wildman–Crippen MR) is 76.1 cm³/mol. The summed E-state index contributed by atoms with van der Waals surface area (Å²) >= 11 is 2.70. The summed E-state index contributed by atoms with van der Waals surface area (Å²) < 4.78 is 26.8. The van der Waals surface area contributed by atoms with E-state index in [9.17, 15) is 8.42 Å². The molecule has 0 aliphatic rings.